The van der Waals surface area contributed by atoms with Gasteiger partial charge in [0.15, 0.2) is 11.6 Å². The van der Waals surface area contributed by atoms with Gasteiger partial charge in [0, 0.05) is 18.9 Å². The number of phenolic OH excluding ortho intramolecular Hbond substituents is 2. The van der Waals surface area contributed by atoms with Gasteiger partial charge in [0.1, 0.15) is 11.3 Å². The van der Waals surface area contributed by atoms with Crippen molar-refractivity contribution in [3.05, 3.63) is 27.3 Å². The van der Waals surface area contributed by atoms with Crippen molar-refractivity contribution in [3.8, 4) is 11.5 Å². The predicted octanol–water partition coefficient (Wildman–Crippen LogP) is 2.19. The van der Waals surface area contributed by atoms with Crippen LogP contribution in [0.25, 0.3) is 0 Å². The lowest BCUT2D eigenvalue weighted by molar-refractivity contribution is -0.385. The van der Waals surface area contributed by atoms with Gasteiger partial charge < -0.3 is 10.2 Å². The second-order valence-electron chi connectivity index (χ2n) is 3.83. The summed E-state index contributed by atoms with van der Waals surface area (Å²) >= 11 is 0. The van der Waals surface area contributed by atoms with E-state index >= 15 is 0 Å². The highest BCUT2D eigenvalue weighted by Crippen LogP contribution is 2.39. The van der Waals surface area contributed by atoms with Gasteiger partial charge in [-0.15, -0.1) is 0 Å². The topological polar surface area (TPSA) is 118 Å². The zero-order valence-electron chi connectivity index (χ0n) is 10.5. The highest BCUT2D eigenvalue weighted by atomic mass is 16.6. The summed E-state index contributed by atoms with van der Waals surface area (Å²) in [6.45, 7) is 2.99. The first kappa shape index (κ1) is 14.6. The van der Waals surface area contributed by atoms with Crippen LogP contribution in [-0.4, -0.2) is 26.7 Å². The Morgan fingerprint density at radius 1 is 1.16 bits per heavy atom. The standard InChI is InChI=1S/C12H13NO6/c1-3-8(14)6-5-7(13(18)19)12(17)10(11(6)16)9(15)4-2/h5,16-17H,3-4H2,1-2H3. The molecule has 0 radical (unpaired) electrons. The quantitative estimate of drug-likeness (QED) is 0.479. The van der Waals surface area contributed by atoms with Crippen LogP contribution in [0.5, 0.6) is 11.5 Å². The van der Waals surface area contributed by atoms with Crippen molar-refractivity contribution in [3.63, 3.8) is 0 Å². The fourth-order valence-corrected chi connectivity index (χ4v) is 1.63. The van der Waals surface area contributed by atoms with E-state index in [2.05, 4.69) is 0 Å². The molecule has 0 atom stereocenters. The zero-order valence-corrected chi connectivity index (χ0v) is 10.5. The largest absolute Gasteiger partial charge is 0.506 e. The van der Waals surface area contributed by atoms with Gasteiger partial charge in [-0.3, -0.25) is 19.7 Å². The normalized spacial score (nSPS) is 10.2. The zero-order chi connectivity index (χ0) is 14.7. The maximum atomic E-state index is 11.6. The number of hydrogen-bond acceptors (Lipinski definition) is 6. The number of carbonyl (C=O) groups excluding carboxylic acids is 2. The number of ketones is 2. The summed E-state index contributed by atoms with van der Waals surface area (Å²) < 4.78 is 0. The molecule has 102 valence electrons. The first-order valence-corrected chi connectivity index (χ1v) is 5.64. The number of nitro groups is 1. The summed E-state index contributed by atoms with van der Waals surface area (Å²) in [6, 6.07) is 0.781. The highest BCUT2D eigenvalue weighted by Gasteiger charge is 2.29. The molecule has 7 heteroatoms. The third kappa shape index (κ3) is 2.54. The second kappa shape index (κ2) is 5.47. The molecular weight excluding hydrogens is 254 g/mol. The summed E-state index contributed by atoms with van der Waals surface area (Å²) in [5.41, 5.74) is -1.68. The lowest BCUT2D eigenvalue weighted by atomic mass is 9.98. The molecule has 1 aromatic rings. The van der Waals surface area contributed by atoms with Gasteiger partial charge in [-0.2, -0.15) is 0 Å². The maximum absolute atomic E-state index is 11.6. The van der Waals surface area contributed by atoms with Crippen molar-refractivity contribution in [2.24, 2.45) is 0 Å². The summed E-state index contributed by atoms with van der Waals surface area (Å²) in [5, 5.41) is 30.3. The van der Waals surface area contributed by atoms with Crippen LogP contribution in [0, 0.1) is 10.1 Å². The van der Waals surface area contributed by atoms with E-state index in [1.54, 1.807) is 0 Å². The summed E-state index contributed by atoms with van der Waals surface area (Å²) in [4.78, 5) is 33.1. The number of benzene rings is 1. The van der Waals surface area contributed by atoms with Crippen LogP contribution >= 0.6 is 0 Å². The van der Waals surface area contributed by atoms with Crippen molar-refractivity contribution in [1.29, 1.82) is 0 Å². The fourth-order valence-electron chi connectivity index (χ4n) is 1.63. The van der Waals surface area contributed by atoms with E-state index in [1.165, 1.54) is 13.8 Å². The molecule has 0 heterocycles. The van der Waals surface area contributed by atoms with E-state index in [0.29, 0.717) is 0 Å². The van der Waals surface area contributed by atoms with Crippen LogP contribution in [0.15, 0.2) is 6.07 Å². The van der Waals surface area contributed by atoms with Crippen LogP contribution in [0.4, 0.5) is 5.69 Å². The van der Waals surface area contributed by atoms with Gasteiger partial charge in [-0.25, -0.2) is 0 Å². The molecule has 0 saturated carbocycles. The first-order chi connectivity index (χ1) is 8.84. The second-order valence-corrected chi connectivity index (χ2v) is 3.83. The van der Waals surface area contributed by atoms with Gasteiger partial charge in [0.2, 0.25) is 5.75 Å². The molecule has 0 aliphatic carbocycles. The molecule has 1 aromatic carbocycles. The SMILES string of the molecule is CCC(=O)c1cc([N+](=O)[O-])c(O)c(C(=O)CC)c1O. The van der Waals surface area contributed by atoms with E-state index in [0.717, 1.165) is 6.07 Å². The Kier molecular flexibility index (Phi) is 4.21. The Morgan fingerprint density at radius 2 is 1.68 bits per heavy atom. The molecule has 0 amide bonds. The molecule has 0 fully saturated rings. The smallest absolute Gasteiger partial charge is 0.312 e. The van der Waals surface area contributed by atoms with E-state index in [1.807, 2.05) is 0 Å². The number of rotatable bonds is 5. The van der Waals surface area contributed by atoms with Gasteiger partial charge in [0.05, 0.1) is 10.5 Å². The van der Waals surface area contributed by atoms with E-state index in [4.69, 9.17) is 0 Å². The Bertz CT molecular complexity index is 564. The number of phenols is 2. The molecule has 0 saturated heterocycles. The molecular formula is C12H13NO6. The van der Waals surface area contributed by atoms with Gasteiger partial charge in [0.25, 0.3) is 0 Å². The maximum Gasteiger partial charge on any atom is 0.312 e. The molecule has 2 N–H and O–H groups in total. The molecule has 0 bridgehead atoms. The Labute approximate surface area is 108 Å². The Morgan fingerprint density at radius 3 is 2.11 bits per heavy atom. The van der Waals surface area contributed by atoms with E-state index in [-0.39, 0.29) is 18.4 Å². The third-order valence-electron chi connectivity index (χ3n) is 2.67. The minimum Gasteiger partial charge on any atom is -0.506 e. The van der Waals surface area contributed by atoms with Crippen LogP contribution in [0.2, 0.25) is 0 Å². The van der Waals surface area contributed by atoms with E-state index in [9.17, 15) is 29.9 Å². The van der Waals surface area contributed by atoms with Crippen molar-refractivity contribution in [2.75, 3.05) is 0 Å². The summed E-state index contributed by atoms with van der Waals surface area (Å²) in [5.74, 6) is -2.85. The monoisotopic (exact) mass is 267 g/mol. The van der Waals surface area contributed by atoms with Crippen molar-refractivity contribution in [2.45, 2.75) is 26.7 Å². The van der Waals surface area contributed by atoms with Gasteiger partial charge in [-0.05, 0) is 0 Å². The van der Waals surface area contributed by atoms with E-state index < -0.39 is 39.2 Å². The molecule has 0 aromatic heterocycles. The van der Waals surface area contributed by atoms with Crippen LogP contribution in [0.1, 0.15) is 47.4 Å². The number of aromatic hydroxyl groups is 2. The van der Waals surface area contributed by atoms with Crippen molar-refractivity contribution < 1.29 is 24.7 Å². The highest BCUT2D eigenvalue weighted by molar-refractivity contribution is 6.08. The van der Waals surface area contributed by atoms with Crippen LogP contribution in [0.3, 0.4) is 0 Å². The first-order valence-electron chi connectivity index (χ1n) is 5.64. The van der Waals surface area contributed by atoms with Gasteiger partial charge >= 0.3 is 5.69 Å². The Hall–Kier alpha value is -2.44. The molecule has 19 heavy (non-hydrogen) atoms. The number of nitrogens with zero attached hydrogens (tertiary/aromatic N) is 1. The number of Topliss-reactive ketones (excluding diaryl/α,β-unsaturated/α-hetero) is 2. The summed E-state index contributed by atoms with van der Waals surface area (Å²) in [6.07, 6.45) is -0.0582. The van der Waals surface area contributed by atoms with Crippen LogP contribution < -0.4 is 0 Å². The van der Waals surface area contributed by atoms with Crippen LogP contribution in [-0.2, 0) is 0 Å². The van der Waals surface area contributed by atoms with Crippen molar-refractivity contribution in [1.82, 2.24) is 0 Å². The molecule has 1 rings (SSSR count). The van der Waals surface area contributed by atoms with Gasteiger partial charge in [-0.1, -0.05) is 13.8 Å². The lowest BCUT2D eigenvalue weighted by Crippen LogP contribution is -2.06. The molecule has 0 spiro atoms. The molecule has 0 aliphatic heterocycles. The minimum absolute atomic E-state index is 0.00917. The average molecular weight is 267 g/mol. The molecule has 7 nitrogen and oxygen atoms in total. The third-order valence-corrected chi connectivity index (χ3v) is 2.67. The summed E-state index contributed by atoms with van der Waals surface area (Å²) in [7, 11) is 0. The number of nitro benzene ring substituents is 1. The molecule has 0 unspecified atom stereocenters. The lowest BCUT2D eigenvalue weighted by Gasteiger charge is -2.09. The Balaban J connectivity index is 3.70. The predicted molar refractivity (Wildman–Crippen MR) is 65.7 cm³/mol. The average Bonchev–Trinajstić information content (AvgIpc) is 2.37. The van der Waals surface area contributed by atoms with Crippen molar-refractivity contribution >= 4 is 17.3 Å². The number of hydrogen-bond donors (Lipinski definition) is 2. The molecule has 0 aliphatic rings. The fraction of sp³-hybridized carbons (Fsp3) is 0.333. The minimum atomic E-state index is -0.915. The number of carbonyl (C=O) groups is 2.